The van der Waals surface area contributed by atoms with Crippen LogP contribution in [0.2, 0.25) is 0 Å². The molecule has 1 atom stereocenters. The molecule has 0 N–H and O–H groups in total. The van der Waals surface area contributed by atoms with Gasteiger partial charge in [0, 0.05) is 36.9 Å². The van der Waals surface area contributed by atoms with Gasteiger partial charge in [-0.25, -0.2) is 15.0 Å². The second-order valence-electron chi connectivity index (χ2n) is 5.70. The summed E-state index contributed by atoms with van der Waals surface area (Å²) < 4.78 is 18.9. The zero-order valence-corrected chi connectivity index (χ0v) is 13.8. The van der Waals surface area contributed by atoms with Gasteiger partial charge in [-0.15, -0.1) is 4.80 Å². The molecule has 25 heavy (non-hydrogen) atoms. The van der Waals surface area contributed by atoms with Gasteiger partial charge in [-0.1, -0.05) is 0 Å². The minimum Gasteiger partial charge on any atom is -0.496 e. The Kier molecular flexibility index (Phi) is 3.75. The first-order chi connectivity index (χ1) is 12.2. The van der Waals surface area contributed by atoms with Crippen LogP contribution in [0.5, 0.6) is 5.75 Å². The van der Waals surface area contributed by atoms with Gasteiger partial charge in [0.1, 0.15) is 11.6 Å². The molecule has 3 aromatic rings. The lowest BCUT2D eigenvalue weighted by Gasteiger charge is -2.35. The molecule has 0 saturated carbocycles. The van der Waals surface area contributed by atoms with Crippen molar-refractivity contribution in [2.75, 3.05) is 18.6 Å². The van der Waals surface area contributed by atoms with Gasteiger partial charge in [0.15, 0.2) is 0 Å². The number of hydrogen-bond donors (Lipinski definition) is 0. The Hall–Kier alpha value is -3.10. The summed E-state index contributed by atoms with van der Waals surface area (Å²) in [6.07, 6.45) is 5.62. The third-order valence-corrected chi connectivity index (χ3v) is 4.28. The van der Waals surface area contributed by atoms with Crippen LogP contribution >= 0.6 is 0 Å². The lowest BCUT2D eigenvalue weighted by molar-refractivity contribution is 0.408. The minimum atomic E-state index is -0.566. The molecule has 0 spiro atoms. The Morgan fingerprint density at radius 1 is 1.20 bits per heavy atom. The highest BCUT2D eigenvalue weighted by Gasteiger charge is 2.27. The molecule has 128 valence electrons. The quantitative estimate of drug-likeness (QED) is 0.671. The number of pyridine rings is 1. The maximum atomic E-state index is 13.7. The van der Waals surface area contributed by atoms with E-state index in [1.807, 2.05) is 11.8 Å². The van der Waals surface area contributed by atoms with Crippen LogP contribution in [0.4, 0.5) is 10.2 Å². The van der Waals surface area contributed by atoms with Gasteiger partial charge in [-0.3, -0.25) is 0 Å². The third kappa shape index (κ3) is 2.77. The summed E-state index contributed by atoms with van der Waals surface area (Å²) in [5.41, 5.74) is 1.92. The summed E-state index contributed by atoms with van der Waals surface area (Å²) in [7, 11) is 1.51. The predicted molar refractivity (Wildman–Crippen MR) is 87.2 cm³/mol. The Bertz CT molecular complexity index is 900. The molecular formula is C16H16FN7O. The largest absolute Gasteiger partial charge is 0.496 e. The van der Waals surface area contributed by atoms with Gasteiger partial charge in [0.25, 0.3) is 5.95 Å². The van der Waals surface area contributed by atoms with Gasteiger partial charge in [0.05, 0.1) is 31.2 Å². The molecule has 8 nitrogen and oxygen atoms in total. The molecule has 0 aromatic carbocycles. The fraction of sp³-hybridized carbons (Fsp3) is 0.312. The summed E-state index contributed by atoms with van der Waals surface area (Å²) in [6.45, 7) is 2.68. The summed E-state index contributed by atoms with van der Waals surface area (Å²) in [5.74, 6) is 0.850. The first kappa shape index (κ1) is 15.4. The minimum absolute atomic E-state index is 0.0395. The van der Waals surface area contributed by atoms with Crippen molar-refractivity contribution >= 4 is 5.82 Å². The third-order valence-electron chi connectivity index (χ3n) is 4.28. The molecule has 1 aliphatic rings. The highest BCUT2D eigenvalue weighted by Crippen LogP contribution is 2.33. The van der Waals surface area contributed by atoms with Crippen LogP contribution in [0.25, 0.3) is 5.95 Å². The highest BCUT2D eigenvalue weighted by atomic mass is 19.1. The molecule has 9 heteroatoms. The second-order valence-corrected chi connectivity index (χ2v) is 5.70. The number of aromatic nitrogens is 6. The van der Waals surface area contributed by atoms with E-state index in [1.54, 1.807) is 24.7 Å². The normalized spacial score (nSPS) is 16.6. The van der Waals surface area contributed by atoms with Gasteiger partial charge in [-0.2, -0.15) is 14.6 Å². The van der Waals surface area contributed by atoms with Crippen molar-refractivity contribution in [1.29, 1.82) is 0 Å². The molecule has 4 rings (SSSR count). The zero-order valence-electron chi connectivity index (χ0n) is 13.8. The fourth-order valence-electron chi connectivity index (χ4n) is 3.01. The van der Waals surface area contributed by atoms with E-state index in [-0.39, 0.29) is 6.04 Å². The SMILES string of the molecule is COc1cc(F)nc(N2CCc3nc(-n4nccn4)ncc3C2C)c1. The summed E-state index contributed by atoms with van der Waals surface area (Å²) in [5, 5.41) is 8.10. The number of nitrogens with zero attached hydrogens (tertiary/aromatic N) is 7. The van der Waals surface area contributed by atoms with Gasteiger partial charge >= 0.3 is 0 Å². The Labute approximate surface area is 143 Å². The number of methoxy groups -OCH3 is 1. The molecule has 0 radical (unpaired) electrons. The monoisotopic (exact) mass is 341 g/mol. The Balaban J connectivity index is 1.67. The van der Waals surface area contributed by atoms with E-state index in [0.717, 1.165) is 11.3 Å². The average Bonchev–Trinajstić information content (AvgIpc) is 3.16. The van der Waals surface area contributed by atoms with E-state index in [1.165, 1.54) is 18.0 Å². The molecule has 1 unspecified atom stereocenters. The Morgan fingerprint density at radius 2 is 2.00 bits per heavy atom. The van der Waals surface area contributed by atoms with Crippen molar-refractivity contribution in [2.45, 2.75) is 19.4 Å². The first-order valence-electron chi connectivity index (χ1n) is 7.86. The van der Waals surface area contributed by atoms with E-state index in [4.69, 9.17) is 4.74 Å². The Morgan fingerprint density at radius 3 is 2.76 bits per heavy atom. The van der Waals surface area contributed by atoms with Crippen LogP contribution in [-0.4, -0.2) is 43.6 Å². The van der Waals surface area contributed by atoms with Crippen LogP contribution in [-0.2, 0) is 6.42 Å². The number of hydrogen-bond acceptors (Lipinski definition) is 7. The van der Waals surface area contributed by atoms with Gasteiger partial charge in [0.2, 0.25) is 5.95 Å². The van der Waals surface area contributed by atoms with Crippen molar-refractivity contribution < 1.29 is 9.13 Å². The molecule has 0 fully saturated rings. The number of anilines is 1. The maximum absolute atomic E-state index is 13.7. The molecule has 0 amide bonds. The number of ether oxygens (including phenoxy) is 1. The molecule has 0 saturated heterocycles. The van der Waals surface area contributed by atoms with E-state index in [9.17, 15) is 4.39 Å². The molecule has 1 aliphatic heterocycles. The van der Waals surface area contributed by atoms with Crippen LogP contribution in [0.15, 0.2) is 30.7 Å². The summed E-state index contributed by atoms with van der Waals surface area (Å²) in [6, 6.07) is 2.95. The van der Waals surface area contributed by atoms with Crippen molar-refractivity contribution in [3.05, 3.63) is 47.9 Å². The second kappa shape index (κ2) is 6.08. The van der Waals surface area contributed by atoms with E-state index in [0.29, 0.717) is 30.5 Å². The van der Waals surface area contributed by atoms with Crippen molar-refractivity contribution in [1.82, 2.24) is 29.9 Å². The average molecular weight is 341 g/mol. The predicted octanol–water partition coefficient (Wildman–Crippen LogP) is 1.72. The van der Waals surface area contributed by atoms with Crippen LogP contribution in [0.3, 0.4) is 0 Å². The summed E-state index contributed by atoms with van der Waals surface area (Å²) >= 11 is 0. The molecule has 4 heterocycles. The van der Waals surface area contributed by atoms with Crippen molar-refractivity contribution in [2.24, 2.45) is 0 Å². The lowest BCUT2D eigenvalue weighted by Crippen LogP contribution is -2.35. The fourth-order valence-corrected chi connectivity index (χ4v) is 3.01. The van der Waals surface area contributed by atoms with E-state index < -0.39 is 5.95 Å². The zero-order chi connectivity index (χ0) is 17.4. The number of fused-ring (bicyclic) bond motifs is 1. The van der Waals surface area contributed by atoms with Crippen molar-refractivity contribution in [3.63, 3.8) is 0 Å². The molecule has 3 aromatic heterocycles. The van der Waals surface area contributed by atoms with Crippen molar-refractivity contribution in [3.8, 4) is 11.7 Å². The standard InChI is InChI=1S/C16H16FN7O/c1-10-12-9-18-16(24-19-4-5-20-24)21-13(12)3-6-23(10)15-8-11(25-2)7-14(17)22-15/h4-5,7-10H,3,6H2,1-2H3. The molecular weight excluding hydrogens is 325 g/mol. The van der Waals surface area contributed by atoms with Crippen LogP contribution in [0, 0.1) is 5.95 Å². The lowest BCUT2D eigenvalue weighted by atomic mass is 9.99. The van der Waals surface area contributed by atoms with Gasteiger partial charge < -0.3 is 9.64 Å². The van der Waals surface area contributed by atoms with Gasteiger partial charge in [-0.05, 0) is 6.92 Å². The first-order valence-corrected chi connectivity index (χ1v) is 7.86. The summed E-state index contributed by atoms with van der Waals surface area (Å²) in [4.78, 5) is 16.3. The number of halogens is 1. The van der Waals surface area contributed by atoms with Crippen LogP contribution < -0.4 is 9.64 Å². The highest BCUT2D eigenvalue weighted by molar-refractivity contribution is 5.48. The van der Waals surface area contributed by atoms with E-state index >= 15 is 0 Å². The molecule has 0 aliphatic carbocycles. The topological polar surface area (TPSA) is 81.9 Å². The maximum Gasteiger partial charge on any atom is 0.268 e. The van der Waals surface area contributed by atoms with E-state index in [2.05, 4.69) is 25.1 Å². The smallest absolute Gasteiger partial charge is 0.268 e. The number of rotatable bonds is 3. The molecule has 0 bridgehead atoms. The van der Waals surface area contributed by atoms with Crippen LogP contribution in [0.1, 0.15) is 24.2 Å².